The van der Waals surface area contributed by atoms with Crippen molar-refractivity contribution in [3.05, 3.63) is 24.3 Å². The van der Waals surface area contributed by atoms with Gasteiger partial charge in [0.15, 0.2) is 0 Å². The number of likely N-dealkylation sites (tertiary alicyclic amines) is 1. The number of para-hydroxylation sites is 2. The second kappa shape index (κ2) is 6.98. The third kappa shape index (κ3) is 3.11. The number of hydrogen-bond donors (Lipinski definition) is 1. The Labute approximate surface area is 153 Å². The van der Waals surface area contributed by atoms with Gasteiger partial charge in [-0.3, -0.25) is 19.4 Å². The molecule has 1 spiro atoms. The maximum absolute atomic E-state index is 13.0. The van der Waals surface area contributed by atoms with Crippen LogP contribution in [0.25, 0.3) is 0 Å². The molecule has 1 aromatic carbocycles. The molecule has 1 N–H and O–H groups in total. The zero-order valence-electron chi connectivity index (χ0n) is 15.1. The van der Waals surface area contributed by atoms with Gasteiger partial charge in [-0.05, 0) is 31.4 Å². The second-order valence-corrected chi connectivity index (χ2v) is 7.29. The number of piperidine rings is 1. The molecule has 3 aliphatic rings. The van der Waals surface area contributed by atoms with Gasteiger partial charge in [0.05, 0.1) is 24.0 Å². The molecule has 2 saturated heterocycles. The lowest BCUT2D eigenvalue weighted by Gasteiger charge is -2.45. The highest BCUT2D eigenvalue weighted by Crippen LogP contribution is 2.36. The Hall–Kier alpha value is -1.96. The maximum atomic E-state index is 13.0. The Kier molecular flexibility index (Phi) is 4.69. The quantitative estimate of drug-likeness (QED) is 0.879. The van der Waals surface area contributed by atoms with Crippen LogP contribution in [0.5, 0.6) is 0 Å². The number of nitrogens with one attached hydrogen (secondary N) is 1. The molecular formula is C19H25N3O4. The first-order valence-electron chi connectivity index (χ1n) is 9.20. The van der Waals surface area contributed by atoms with Gasteiger partial charge in [-0.15, -0.1) is 0 Å². The largest absolute Gasteiger partial charge is 0.378 e. The number of methoxy groups -OCH3 is 1. The molecule has 2 unspecified atom stereocenters. The minimum atomic E-state index is -0.301. The summed E-state index contributed by atoms with van der Waals surface area (Å²) >= 11 is 0. The zero-order chi connectivity index (χ0) is 18.1. The summed E-state index contributed by atoms with van der Waals surface area (Å²) in [4.78, 5) is 28.6. The van der Waals surface area contributed by atoms with Crippen molar-refractivity contribution >= 4 is 23.2 Å². The molecule has 4 rings (SSSR count). The number of benzene rings is 1. The van der Waals surface area contributed by atoms with Crippen LogP contribution >= 0.6 is 0 Å². The van der Waals surface area contributed by atoms with Crippen LogP contribution in [-0.2, 0) is 19.1 Å². The maximum Gasteiger partial charge on any atom is 0.244 e. The summed E-state index contributed by atoms with van der Waals surface area (Å²) in [5, 5.41) is 2.82. The first-order valence-corrected chi connectivity index (χ1v) is 9.20. The van der Waals surface area contributed by atoms with Gasteiger partial charge in [0, 0.05) is 26.8 Å². The number of carbonyl (C=O) groups excluding carboxylic acids is 2. The Bertz CT molecular complexity index is 702. The second-order valence-electron chi connectivity index (χ2n) is 7.29. The number of fused-ring (bicyclic) bond motifs is 1. The van der Waals surface area contributed by atoms with Gasteiger partial charge in [0.1, 0.15) is 12.1 Å². The molecule has 2 amide bonds. The Balaban J connectivity index is 1.48. The SMILES string of the molecule is COC1CCN(CC(=O)N2CC(=O)Nc3ccccc32)CC12CCCO2. The van der Waals surface area contributed by atoms with E-state index in [0.717, 1.165) is 38.1 Å². The van der Waals surface area contributed by atoms with Crippen molar-refractivity contribution in [1.29, 1.82) is 0 Å². The molecule has 3 aliphatic heterocycles. The lowest BCUT2D eigenvalue weighted by molar-refractivity contribution is -0.147. The van der Waals surface area contributed by atoms with Crippen molar-refractivity contribution in [1.82, 2.24) is 4.90 Å². The van der Waals surface area contributed by atoms with Gasteiger partial charge < -0.3 is 14.8 Å². The molecule has 1 aromatic rings. The normalized spacial score (nSPS) is 28.9. The molecule has 7 heteroatoms. The third-order valence-electron chi connectivity index (χ3n) is 5.63. The highest BCUT2D eigenvalue weighted by molar-refractivity contribution is 6.10. The molecule has 3 heterocycles. The van der Waals surface area contributed by atoms with Crippen LogP contribution in [0.15, 0.2) is 24.3 Å². The zero-order valence-corrected chi connectivity index (χ0v) is 15.1. The predicted octanol–water partition coefficient (Wildman–Crippen LogP) is 1.24. The molecule has 0 bridgehead atoms. The lowest BCUT2D eigenvalue weighted by atomic mass is 9.87. The van der Waals surface area contributed by atoms with Crippen LogP contribution in [0.1, 0.15) is 19.3 Å². The summed E-state index contributed by atoms with van der Waals surface area (Å²) < 4.78 is 11.7. The molecular weight excluding hydrogens is 334 g/mol. The fraction of sp³-hybridized carbons (Fsp3) is 0.579. The van der Waals surface area contributed by atoms with Crippen molar-refractivity contribution in [2.24, 2.45) is 0 Å². The monoisotopic (exact) mass is 359 g/mol. The smallest absolute Gasteiger partial charge is 0.244 e. The highest BCUT2D eigenvalue weighted by Gasteiger charge is 2.47. The topological polar surface area (TPSA) is 71.1 Å². The molecule has 7 nitrogen and oxygen atoms in total. The summed E-state index contributed by atoms with van der Waals surface area (Å²) in [6.45, 7) is 2.58. The number of ether oxygens (including phenoxy) is 2. The van der Waals surface area contributed by atoms with Crippen LogP contribution in [0.2, 0.25) is 0 Å². The minimum absolute atomic E-state index is 0.0590. The van der Waals surface area contributed by atoms with Crippen molar-refractivity contribution in [2.45, 2.75) is 31.0 Å². The predicted molar refractivity (Wildman–Crippen MR) is 97.2 cm³/mol. The first kappa shape index (κ1) is 17.5. The average molecular weight is 359 g/mol. The Morgan fingerprint density at radius 1 is 1.42 bits per heavy atom. The molecule has 0 saturated carbocycles. The fourth-order valence-electron chi connectivity index (χ4n) is 4.42. The highest BCUT2D eigenvalue weighted by atomic mass is 16.6. The lowest BCUT2D eigenvalue weighted by Crippen LogP contribution is -2.59. The minimum Gasteiger partial charge on any atom is -0.378 e. The van der Waals surface area contributed by atoms with Gasteiger partial charge in [-0.25, -0.2) is 0 Å². The van der Waals surface area contributed by atoms with E-state index >= 15 is 0 Å². The van der Waals surface area contributed by atoms with E-state index in [1.807, 2.05) is 24.3 Å². The number of rotatable bonds is 3. The average Bonchev–Trinajstić information content (AvgIpc) is 3.09. The molecule has 0 aliphatic carbocycles. The van der Waals surface area contributed by atoms with Crippen LogP contribution < -0.4 is 10.2 Å². The van der Waals surface area contributed by atoms with Crippen molar-refractivity contribution in [2.75, 3.05) is 50.1 Å². The third-order valence-corrected chi connectivity index (χ3v) is 5.63. The fourth-order valence-corrected chi connectivity index (χ4v) is 4.42. The van der Waals surface area contributed by atoms with E-state index < -0.39 is 0 Å². The number of nitrogens with zero attached hydrogens (tertiary/aromatic N) is 2. The van der Waals surface area contributed by atoms with Crippen molar-refractivity contribution in [3.8, 4) is 0 Å². The van der Waals surface area contributed by atoms with Gasteiger partial charge in [0.2, 0.25) is 11.8 Å². The molecule has 2 atom stereocenters. The number of amides is 2. The van der Waals surface area contributed by atoms with Gasteiger partial charge in [0.25, 0.3) is 0 Å². The van der Waals surface area contributed by atoms with E-state index in [9.17, 15) is 9.59 Å². The summed E-state index contributed by atoms with van der Waals surface area (Å²) in [5.74, 6) is -0.220. The van der Waals surface area contributed by atoms with Gasteiger partial charge >= 0.3 is 0 Å². The van der Waals surface area contributed by atoms with Crippen molar-refractivity contribution < 1.29 is 19.1 Å². The van der Waals surface area contributed by atoms with Crippen molar-refractivity contribution in [3.63, 3.8) is 0 Å². The van der Waals surface area contributed by atoms with Gasteiger partial charge in [-0.1, -0.05) is 12.1 Å². The van der Waals surface area contributed by atoms with Gasteiger partial charge in [-0.2, -0.15) is 0 Å². The molecule has 0 radical (unpaired) electrons. The number of anilines is 2. The standard InChI is InChI=1S/C19H25N3O4/c1-25-16-7-9-21(13-19(16)8-4-10-26-19)12-18(24)22-11-17(23)20-14-5-2-3-6-15(14)22/h2-3,5-6,16H,4,7-13H2,1H3,(H,20,23). The summed E-state index contributed by atoms with van der Waals surface area (Å²) in [6.07, 6.45) is 2.92. The number of carbonyl (C=O) groups is 2. The van der Waals surface area contributed by atoms with E-state index in [2.05, 4.69) is 10.2 Å². The van der Waals surface area contributed by atoms with Crippen LogP contribution in [0.3, 0.4) is 0 Å². The Morgan fingerprint density at radius 2 is 2.27 bits per heavy atom. The number of hydrogen-bond acceptors (Lipinski definition) is 5. The molecule has 140 valence electrons. The summed E-state index contributed by atoms with van der Waals surface area (Å²) in [5.41, 5.74) is 1.14. The van der Waals surface area contributed by atoms with E-state index in [1.54, 1.807) is 12.0 Å². The molecule has 0 aromatic heterocycles. The van der Waals surface area contributed by atoms with E-state index in [4.69, 9.17) is 9.47 Å². The summed E-state index contributed by atoms with van der Waals surface area (Å²) in [7, 11) is 1.73. The van der Waals surface area contributed by atoms with Crippen LogP contribution in [0, 0.1) is 0 Å². The summed E-state index contributed by atoms with van der Waals surface area (Å²) in [6, 6.07) is 7.41. The van der Waals surface area contributed by atoms with E-state index in [1.165, 1.54) is 0 Å². The van der Waals surface area contributed by atoms with Crippen LogP contribution in [-0.4, -0.2) is 68.3 Å². The van der Waals surface area contributed by atoms with Crippen LogP contribution in [0.4, 0.5) is 11.4 Å². The van der Waals surface area contributed by atoms with E-state index in [-0.39, 0.29) is 36.6 Å². The molecule has 26 heavy (non-hydrogen) atoms. The first-order chi connectivity index (χ1) is 12.6. The molecule has 2 fully saturated rings. The Morgan fingerprint density at radius 3 is 3.04 bits per heavy atom. The van der Waals surface area contributed by atoms with E-state index in [0.29, 0.717) is 12.2 Å².